The van der Waals surface area contributed by atoms with E-state index < -0.39 is 6.16 Å². The van der Waals surface area contributed by atoms with Crippen LogP contribution >= 0.6 is 0 Å². The predicted molar refractivity (Wildman–Crippen MR) is 14.5 cm³/mol. The maximum absolute atomic E-state index is 8.44. The molecular formula is CHCaLiO4. The van der Waals surface area contributed by atoms with Crippen molar-refractivity contribution >= 4 is 43.9 Å². The number of rotatable bonds is 0. The largest absolute Gasteiger partial charge is 2.00 e. The van der Waals surface area contributed by atoms with Crippen LogP contribution in [0.15, 0.2) is 0 Å². The zero-order chi connectivity index (χ0) is 3.58. The third-order valence-electron chi connectivity index (χ3n) is 0. The van der Waals surface area contributed by atoms with Crippen molar-refractivity contribution < 1.29 is 39.3 Å². The summed E-state index contributed by atoms with van der Waals surface area (Å²) in [4.78, 5) is 8.44. The van der Waals surface area contributed by atoms with E-state index in [1.165, 1.54) is 0 Å². The third kappa shape index (κ3) is 155. The Morgan fingerprint density at radius 1 is 1.57 bits per heavy atom. The minimum Gasteiger partial charge on any atom is -2.00 e. The Labute approximate surface area is 82.4 Å². The van der Waals surface area contributed by atoms with Crippen LogP contribution in [-0.4, -0.2) is 49.0 Å². The van der Waals surface area contributed by atoms with Crippen LogP contribution in [-0.2, 0) is 5.48 Å². The molecule has 0 saturated heterocycles. The molecule has 0 atom stereocenters. The second kappa shape index (κ2) is 15.7. The van der Waals surface area contributed by atoms with Gasteiger partial charge >= 0.3 is 56.6 Å². The van der Waals surface area contributed by atoms with Gasteiger partial charge in [-0.3, -0.25) is 0 Å². The minimum atomic E-state index is -2.08. The standard InChI is InChI=1S/CH2O3.Ca.Li.O/c2-1(3)4;;;/h(H2,2,3,4);;;/q;+2;+1;-2/p-1. The van der Waals surface area contributed by atoms with Crippen LogP contribution in [0.3, 0.4) is 0 Å². The maximum Gasteiger partial charge on any atom is 2.00 e. The van der Waals surface area contributed by atoms with Crippen LogP contribution in [0.4, 0.5) is 4.79 Å². The first-order valence-corrected chi connectivity index (χ1v) is 0.632. The molecule has 0 unspecified atom stereocenters. The van der Waals surface area contributed by atoms with Gasteiger partial charge in [-0.05, 0) is 0 Å². The molecule has 0 aliphatic carbocycles. The molecule has 0 amide bonds. The van der Waals surface area contributed by atoms with Crippen molar-refractivity contribution in [2.75, 3.05) is 0 Å². The maximum atomic E-state index is 8.44. The summed E-state index contributed by atoms with van der Waals surface area (Å²) in [7, 11) is 0. The van der Waals surface area contributed by atoms with Crippen molar-refractivity contribution in [3.05, 3.63) is 0 Å². The summed E-state index contributed by atoms with van der Waals surface area (Å²) >= 11 is 0. The van der Waals surface area contributed by atoms with Gasteiger partial charge in [0, 0.05) is 0 Å². The van der Waals surface area contributed by atoms with E-state index in [1.807, 2.05) is 0 Å². The van der Waals surface area contributed by atoms with Gasteiger partial charge in [0.2, 0.25) is 6.16 Å². The minimum absolute atomic E-state index is 0. The molecule has 0 heterocycles. The summed E-state index contributed by atoms with van der Waals surface area (Å²) in [5.74, 6) is 0. The van der Waals surface area contributed by atoms with E-state index in [4.69, 9.17) is 15.0 Å². The molecule has 0 rings (SSSR count). The van der Waals surface area contributed by atoms with Gasteiger partial charge in [-0.15, -0.1) is 0 Å². The van der Waals surface area contributed by atoms with E-state index in [1.54, 1.807) is 0 Å². The van der Waals surface area contributed by atoms with Gasteiger partial charge in [0.05, 0.1) is 0 Å². The van der Waals surface area contributed by atoms with Crippen molar-refractivity contribution in [3.63, 3.8) is 0 Å². The number of carbonyl (C=O) groups is 1. The van der Waals surface area contributed by atoms with E-state index in [-0.39, 0.29) is 62.1 Å². The summed E-state index contributed by atoms with van der Waals surface area (Å²) in [5, 5.41) is 15.3. The van der Waals surface area contributed by atoms with Crippen molar-refractivity contribution in [2.24, 2.45) is 0 Å². The van der Waals surface area contributed by atoms with Gasteiger partial charge in [0.1, 0.15) is 0 Å². The fourth-order valence-corrected chi connectivity index (χ4v) is 0. The zero-order valence-corrected chi connectivity index (χ0v) is 6.09. The van der Waals surface area contributed by atoms with Crippen LogP contribution in [0, 0.1) is 0 Å². The first-order chi connectivity index (χ1) is 1.73. The van der Waals surface area contributed by atoms with Gasteiger partial charge in [0.25, 0.3) is 0 Å². The van der Waals surface area contributed by atoms with Gasteiger partial charge in [0.15, 0.2) is 0 Å². The second-order valence-corrected chi connectivity index (χ2v) is 0.266. The number of hydrogen-bond donors (Lipinski definition) is 1. The molecule has 0 radical (unpaired) electrons. The first kappa shape index (κ1) is 24.3. The molecule has 1 N–H and O–H groups in total. The second-order valence-electron chi connectivity index (χ2n) is 0.266. The quantitative estimate of drug-likeness (QED) is 0.329. The van der Waals surface area contributed by atoms with Crippen LogP contribution in [0.2, 0.25) is 0 Å². The third-order valence-corrected chi connectivity index (χ3v) is 0. The van der Waals surface area contributed by atoms with Gasteiger partial charge in [-0.2, -0.15) is 0 Å². The molecule has 0 aliphatic rings. The monoisotopic (exact) mass is 124 g/mol. The van der Waals surface area contributed by atoms with Gasteiger partial charge in [-0.1, -0.05) is 0 Å². The van der Waals surface area contributed by atoms with E-state index in [9.17, 15) is 0 Å². The molecule has 7 heavy (non-hydrogen) atoms. The van der Waals surface area contributed by atoms with Crippen LogP contribution in [0.5, 0.6) is 0 Å². The average molecular weight is 124 g/mol. The molecule has 0 aromatic heterocycles. The Balaban J connectivity index is -0.0000000150. The average Bonchev–Trinajstić information content (AvgIpc) is 0.811. The normalized spacial score (nSPS) is 3.43. The summed E-state index contributed by atoms with van der Waals surface area (Å²) in [5.41, 5.74) is 0. The van der Waals surface area contributed by atoms with Gasteiger partial charge in [-0.25, -0.2) is 0 Å². The number of hydrogen-bond acceptors (Lipinski definition) is 2. The van der Waals surface area contributed by atoms with Crippen LogP contribution < -0.4 is 24.0 Å². The number of carboxylic acid groups (broad SMARTS) is 2. The molecule has 0 aromatic rings. The molecule has 32 valence electrons. The summed E-state index contributed by atoms with van der Waals surface area (Å²) in [6, 6.07) is 0. The van der Waals surface area contributed by atoms with E-state index in [0.29, 0.717) is 0 Å². The fourth-order valence-electron chi connectivity index (χ4n) is 0. The summed E-state index contributed by atoms with van der Waals surface area (Å²) in [6.45, 7) is 0. The van der Waals surface area contributed by atoms with E-state index in [0.717, 1.165) is 0 Å². The molecule has 0 spiro atoms. The molecule has 0 saturated carbocycles. The van der Waals surface area contributed by atoms with E-state index >= 15 is 0 Å². The Hall–Kier alpha value is 1.09. The Morgan fingerprint density at radius 3 is 1.57 bits per heavy atom. The smallest absolute Gasteiger partial charge is 2.00 e. The first-order valence-electron chi connectivity index (χ1n) is 0.632. The summed E-state index contributed by atoms with van der Waals surface area (Å²) in [6.07, 6.45) is -2.08. The Morgan fingerprint density at radius 2 is 1.57 bits per heavy atom. The van der Waals surface area contributed by atoms with Crippen LogP contribution in [0.25, 0.3) is 0 Å². The molecule has 0 aliphatic heterocycles. The summed E-state index contributed by atoms with van der Waals surface area (Å²) < 4.78 is 0. The fraction of sp³-hybridized carbons (Fsp3) is 0. The molecule has 0 fully saturated rings. The van der Waals surface area contributed by atoms with Crippen LogP contribution in [0.1, 0.15) is 0 Å². The van der Waals surface area contributed by atoms with Crippen molar-refractivity contribution in [3.8, 4) is 0 Å². The zero-order valence-electron chi connectivity index (χ0n) is 3.88. The Bertz CT molecular complexity index is 34.7. The topological polar surface area (TPSA) is 88.9 Å². The molecule has 6 heteroatoms. The molecule has 0 aromatic carbocycles. The predicted octanol–water partition coefficient (Wildman–Crippen LogP) is -4.61. The van der Waals surface area contributed by atoms with Gasteiger partial charge < -0.3 is 20.5 Å². The molecule has 4 nitrogen and oxygen atoms in total. The van der Waals surface area contributed by atoms with Crippen molar-refractivity contribution in [1.82, 2.24) is 0 Å². The van der Waals surface area contributed by atoms with Crippen molar-refractivity contribution in [2.45, 2.75) is 0 Å². The molecular weight excluding hydrogens is 123 g/mol. The van der Waals surface area contributed by atoms with Crippen molar-refractivity contribution in [1.29, 1.82) is 0 Å². The molecule has 0 bridgehead atoms. The van der Waals surface area contributed by atoms with E-state index in [2.05, 4.69) is 0 Å². The SMILES string of the molecule is O=C([O-])O.[Ca+2].[Li+].[O-2]. The Kier molecular flexibility index (Phi) is 54.6.